The molecular formula is C25H21N3O3. The van der Waals surface area contributed by atoms with Gasteiger partial charge in [-0.25, -0.2) is 4.98 Å². The van der Waals surface area contributed by atoms with E-state index < -0.39 is 0 Å². The van der Waals surface area contributed by atoms with Gasteiger partial charge in [0, 0.05) is 24.5 Å². The molecule has 31 heavy (non-hydrogen) atoms. The lowest BCUT2D eigenvalue weighted by molar-refractivity contribution is -0.139. The second-order valence-corrected chi connectivity index (χ2v) is 6.86. The Bertz CT molecular complexity index is 1090. The largest absolute Gasteiger partial charge is 0.489 e. The summed E-state index contributed by atoms with van der Waals surface area (Å²) in [5.74, 6) is 0.417. The molecule has 0 radical (unpaired) electrons. The van der Waals surface area contributed by atoms with Crippen LogP contribution in [-0.4, -0.2) is 28.0 Å². The summed E-state index contributed by atoms with van der Waals surface area (Å²) < 4.78 is 10.8. The van der Waals surface area contributed by atoms with Crippen molar-refractivity contribution in [3.8, 4) is 28.5 Å². The van der Waals surface area contributed by atoms with E-state index in [0.29, 0.717) is 23.7 Å². The second kappa shape index (κ2) is 9.63. The smallest absolute Gasteiger partial charge is 0.309 e. The third-order valence-electron chi connectivity index (χ3n) is 4.66. The minimum Gasteiger partial charge on any atom is -0.489 e. The van der Waals surface area contributed by atoms with E-state index in [2.05, 4.69) is 9.97 Å². The van der Waals surface area contributed by atoms with Crippen LogP contribution in [0.5, 0.6) is 5.75 Å². The summed E-state index contributed by atoms with van der Waals surface area (Å²) in [4.78, 5) is 25.0. The number of benzene rings is 1. The molecule has 0 unspecified atom stereocenters. The predicted octanol–water partition coefficient (Wildman–Crippen LogP) is 4.50. The number of esters is 1. The molecule has 154 valence electrons. The van der Waals surface area contributed by atoms with Crippen molar-refractivity contribution in [3.63, 3.8) is 0 Å². The van der Waals surface area contributed by atoms with Crippen LogP contribution in [0.3, 0.4) is 0 Å². The van der Waals surface area contributed by atoms with Crippen molar-refractivity contribution >= 4 is 5.97 Å². The van der Waals surface area contributed by atoms with Crippen LogP contribution >= 0.6 is 0 Å². The fourth-order valence-corrected chi connectivity index (χ4v) is 3.04. The van der Waals surface area contributed by atoms with Crippen LogP contribution in [0.25, 0.3) is 22.8 Å². The van der Waals surface area contributed by atoms with Gasteiger partial charge in [0.05, 0.1) is 36.3 Å². The van der Waals surface area contributed by atoms with Gasteiger partial charge in [0.1, 0.15) is 12.4 Å². The maximum atomic E-state index is 11.4. The second-order valence-electron chi connectivity index (χ2n) is 6.86. The molecule has 0 saturated carbocycles. The highest BCUT2D eigenvalue weighted by atomic mass is 16.5. The summed E-state index contributed by atoms with van der Waals surface area (Å²) in [5, 5.41) is 0. The third-order valence-corrected chi connectivity index (χ3v) is 4.66. The fourth-order valence-electron chi connectivity index (χ4n) is 3.04. The first-order valence-corrected chi connectivity index (χ1v) is 9.83. The quantitative estimate of drug-likeness (QED) is 0.417. The summed E-state index contributed by atoms with van der Waals surface area (Å²) in [6, 6.07) is 22.9. The first-order chi connectivity index (χ1) is 15.2. The van der Waals surface area contributed by atoms with Gasteiger partial charge in [-0.05, 0) is 35.4 Å². The number of rotatable bonds is 7. The number of hydrogen-bond acceptors (Lipinski definition) is 6. The summed E-state index contributed by atoms with van der Waals surface area (Å²) in [6.45, 7) is 0.381. The highest BCUT2D eigenvalue weighted by Gasteiger charge is 2.10. The molecule has 6 nitrogen and oxygen atoms in total. The topological polar surface area (TPSA) is 74.2 Å². The molecule has 0 aliphatic rings. The zero-order chi connectivity index (χ0) is 21.5. The summed E-state index contributed by atoms with van der Waals surface area (Å²) in [5.41, 5.74) is 4.84. The van der Waals surface area contributed by atoms with Crippen LogP contribution in [0.4, 0.5) is 0 Å². The van der Waals surface area contributed by atoms with Crippen molar-refractivity contribution in [1.82, 2.24) is 15.0 Å². The van der Waals surface area contributed by atoms with E-state index in [1.165, 1.54) is 7.11 Å². The van der Waals surface area contributed by atoms with Gasteiger partial charge in [-0.2, -0.15) is 0 Å². The lowest BCUT2D eigenvalue weighted by atomic mass is 10.1. The van der Waals surface area contributed by atoms with Crippen molar-refractivity contribution in [2.75, 3.05) is 7.11 Å². The molecule has 3 heterocycles. The molecule has 0 spiro atoms. The SMILES string of the molecule is COC(=O)Cc1ccc(COc2cc(-c3ccccn3)nc(-c3ccccn3)c2)cc1. The molecule has 0 atom stereocenters. The first-order valence-electron chi connectivity index (χ1n) is 9.83. The highest BCUT2D eigenvalue weighted by Crippen LogP contribution is 2.27. The van der Waals surface area contributed by atoms with Crippen molar-refractivity contribution in [2.24, 2.45) is 0 Å². The molecule has 3 aromatic heterocycles. The third kappa shape index (κ3) is 5.30. The average Bonchev–Trinajstić information content (AvgIpc) is 2.84. The summed E-state index contributed by atoms with van der Waals surface area (Å²) in [7, 11) is 1.39. The van der Waals surface area contributed by atoms with Crippen molar-refractivity contribution in [1.29, 1.82) is 0 Å². The van der Waals surface area contributed by atoms with Crippen LogP contribution in [0, 0.1) is 0 Å². The van der Waals surface area contributed by atoms with E-state index in [-0.39, 0.29) is 12.4 Å². The number of nitrogens with zero attached hydrogens (tertiary/aromatic N) is 3. The average molecular weight is 411 g/mol. The maximum Gasteiger partial charge on any atom is 0.309 e. The number of carbonyl (C=O) groups excluding carboxylic acids is 1. The molecule has 0 aliphatic heterocycles. The predicted molar refractivity (Wildman–Crippen MR) is 117 cm³/mol. The van der Waals surface area contributed by atoms with Gasteiger partial charge in [-0.1, -0.05) is 36.4 Å². The molecular weight excluding hydrogens is 390 g/mol. The van der Waals surface area contributed by atoms with Gasteiger partial charge in [0.2, 0.25) is 0 Å². The molecule has 4 aromatic rings. The van der Waals surface area contributed by atoms with Crippen molar-refractivity contribution in [3.05, 3.63) is 96.3 Å². The number of aromatic nitrogens is 3. The maximum absolute atomic E-state index is 11.4. The Kier molecular flexibility index (Phi) is 6.28. The van der Waals surface area contributed by atoms with Gasteiger partial charge in [-0.3, -0.25) is 14.8 Å². The summed E-state index contributed by atoms with van der Waals surface area (Å²) >= 11 is 0. The van der Waals surface area contributed by atoms with Crippen LogP contribution in [-0.2, 0) is 22.6 Å². The first kappa shape index (κ1) is 20.2. The number of hydrogen-bond donors (Lipinski definition) is 0. The fraction of sp³-hybridized carbons (Fsp3) is 0.120. The Labute approximate surface area is 180 Å². The minimum absolute atomic E-state index is 0.253. The van der Waals surface area contributed by atoms with Gasteiger partial charge in [0.15, 0.2) is 0 Å². The Hall–Kier alpha value is -4.06. The van der Waals surface area contributed by atoms with Crippen molar-refractivity contribution in [2.45, 2.75) is 13.0 Å². The normalized spacial score (nSPS) is 10.5. The molecule has 0 bridgehead atoms. The Balaban J connectivity index is 1.57. The van der Waals surface area contributed by atoms with E-state index in [1.54, 1.807) is 12.4 Å². The van der Waals surface area contributed by atoms with Crippen molar-refractivity contribution < 1.29 is 14.3 Å². The van der Waals surface area contributed by atoms with Gasteiger partial charge >= 0.3 is 5.97 Å². The number of ether oxygens (including phenoxy) is 2. The van der Waals surface area contributed by atoms with E-state index >= 15 is 0 Å². The number of carbonyl (C=O) groups is 1. The van der Waals surface area contributed by atoms with E-state index in [4.69, 9.17) is 14.5 Å². The molecule has 4 rings (SSSR count). The molecule has 6 heteroatoms. The Morgan fingerprint density at radius 3 is 1.87 bits per heavy atom. The zero-order valence-corrected chi connectivity index (χ0v) is 17.1. The van der Waals surface area contributed by atoms with Crippen LogP contribution in [0.1, 0.15) is 11.1 Å². The highest BCUT2D eigenvalue weighted by molar-refractivity contribution is 5.72. The molecule has 0 amide bonds. The number of pyridine rings is 3. The lowest BCUT2D eigenvalue weighted by Crippen LogP contribution is -2.04. The standard InChI is InChI=1S/C25H21N3O3/c1-30-25(29)14-18-8-10-19(11-9-18)17-31-20-15-23(21-6-2-4-12-26-21)28-24(16-20)22-7-3-5-13-27-22/h2-13,15-16H,14,17H2,1H3. The monoisotopic (exact) mass is 411 g/mol. The minimum atomic E-state index is -0.259. The zero-order valence-electron chi connectivity index (χ0n) is 17.1. The van der Waals surface area contributed by atoms with E-state index in [0.717, 1.165) is 22.5 Å². The van der Waals surface area contributed by atoms with E-state index in [9.17, 15) is 4.79 Å². The van der Waals surface area contributed by atoms with Gasteiger partial charge in [0.25, 0.3) is 0 Å². The van der Waals surface area contributed by atoms with Gasteiger partial charge < -0.3 is 9.47 Å². The molecule has 0 N–H and O–H groups in total. The molecule has 0 aliphatic carbocycles. The van der Waals surface area contributed by atoms with Crippen LogP contribution in [0.15, 0.2) is 85.2 Å². The number of methoxy groups -OCH3 is 1. The summed E-state index contributed by atoms with van der Waals surface area (Å²) in [6.07, 6.45) is 3.73. The molecule has 0 saturated heterocycles. The Morgan fingerprint density at radius 2 is 1.35 bits per heavy atom. The Morgan fingerprint density at radius 1 is 0.774 bits per heavy atom. The van der Waals surface area contributed by atoms with Crippen LogP contribution in [0.2, 0.25) is 0 Å². The van der Waals surface area contributed by atoms with Crippen LogP contribution < -0.4 is 4.74 Å². The molecule has 0 fully saturated rings. The molecule has 1 aromatic carbocycles. The van der Waals surface area contributed by atoms with Gasteiger partial charge in [-0.15, -0.1) is 0 Å². The lowest BCUT2D eigenvalue weighted by Gasteiger charge is -2.11. The van der Waals surface area contributed by atoms with E-state index in [1.807, 2.05) is 72.8 Å².